The Kier molecular flexibility index (Phi) is 5.21. The molecule has 0 aliphatic rings. The van der Waals surface area contributed by atoms with Gasteiger partial charge in [0.05, 0.1) is 11.9 Å². The fourth-order valence-electron chi connectivity index (χ4n) is 1.83. The van der Waals surface area contributed by atoms with Gasteiger partial charge in [0.15, 0.2) is 9.84 Å². The first-order chi connectivity index (χ1) is 9.08. The van der Waals surface area contributed by atoms with Crippen molar-refractivity contribution < 1.29 is 13.2 Å². The zero-order chi connectivity index (χ0) is 15.6. The minimum absolute atomic E-state index is 0.0193. The van der Waals surface area contributed by atoms with Gasteiger partial charge in [0.1, 0.15) is 5.75 Å². The van der Waals surface area contributed by atoms with Gasteiger partial charge >= 0.3 is 0 Å². The van der Waals surface area contributed by atoms with Crippen LogP contribution in [-0.4, -0.2) is 33.1 Å². The average molecular weight is 299 g/mol. The zero-order valence-corrected chi connectivity index (χ0v) is 14.0. The topological polar surface area (TPSA) is 55.4 Å². The Labute approximate surface area is 122 Å². The van der Waals surface area contributed by atoms with Crippen LogP contribution in [0.4, 0.5) is 0 Å². The number of nitrogens with one attached hydrogen (secondary N) is 1. The molecule has 0 aromatic heterocycles. The van der Waals surface area contributed by atoms with Crippen LogP contribution in [-0.2, 0) is 9.84 Å². The number of aryl methyl sites for hydroxylation is 1. The highest BCUT2D eigenvalue weighted by Gasteiger charge is 2.30. The Morgan fingerprint density at radius 3 is 2.45 bits per heavy atom. The lowest BCUT2D eigenvalue weighted by atomic mass is 10.0. The van der Waals surface area contributed by atoms with Crippen LogP contribution >= 0.6 is 0 Å². The van der Waals surface area contributed by atoms with Gasteiger partial charge in [-0.2, -0.15) is 0 Å². The van der Waals surface area contributed by atoms with E-state index in [2.05, 4.69) is 11.4 Å². The molecule has 0 spiro atoms. The first-order valence-electron chi connectivity index (χ1n) is 6.66. The van der Waals surface area contributed by atoms with Crippen molar-refractivity contribution >= 4 is 9.84 Å². The molecule has 0 aliphatic heterocycles. The van der Waals surface area contributed by atoms with E-state index in [-0.39, 0.29) is 6.04 Å². The number of sulfone groups is 1. The lowest BCUT2D eigenvalue weighted by Gasteiger charge is -2.26. The van der Waals surface area contributed by atoms with E-state index < -0.39 is 14.6 Å². The van der Waals surface area contributed by atoms with Crippen LogP contribution in [0, 0.1) is 6.92 Å². The molecule has 4 nitrogen and oxygen atoms in total. The first kappa shape index (κ1) is 17.0. The van der Waals surface area contributed by atoms with Crippen LogP contribution in [0.2, 0.25) is 0 Å². The molecule has 0 saturated carbocycles. The second-order valence-electron chi connectivity index (χ2n) is 5.88. The van der Waals surface area contributed by atoms with Crippen molar-refractivity contribution in [2.75, 3.05) is 19.9 Å². The van der Waals surface area contributed by atoms with Gasteiger partial charge in [-0.25, -0.2) is 8.42 Å². The van der Waals surface area contributed by atoms with E-state index in [0.717, 1.165) is 16.9 Å². The zero-order valence-electron chi connectivity index (χ0n) is 13.1. The molecule has 1 N–H and O–H groups in total. The molecule has 0 amide bonds. The SMILES string of the molecule is COc1ccc(C)cc1C(C)NCC(C)(C)S(C)(=O)=O. The highest BCUT2D eigenvalue weighted by Crippen LogP contribution is 2.26. The second-order valence-corrected chi connectivity index (χ2v) is 8.53. The lowest BCUT2D eigenvalue weighted by molar-refractivity contribution is 0.399. The van der Waals surface area contributed by atoms with Crippen molar-refractivity contribution in [1.82, 2.24) is 5.32 Å². The van der Waals surface area contributed by atoms with Gasteiger partial charge in [-0.1, -0.05) is 17.7 Å². The monoisotopic (exact) mass is 299 g/mol. The van der Waals surface area contributed by atoms with Crippen LogP contribution < -0.4 is 10.1 Å². The predicted molar refractivity (Wildman–Crippen MR) is 83.1 cm³/mol. The molecule has 0 aliphatic carbocycles. The van der Waals surface area contributed by atoms with Crippen LogP contribution in [0.1, 0.15) is 37.9 Å². The van der Waals surface area contributed by atoms with E-state index in [1.165, 1.54) is 6.26 Å². The first-order valence-corrected chi connectivity index (χ1v) is 8.55. The molecule has 5 heteroatoms. The molecule has 1 rings (SSSR count). The van der Waals surface area contributed by atoms with Gasteiger partial charge in [-0.15, -0.1) is 0 Å². The van der Waals surface area contributed by atoms with Crippen LogP contribution in [0.15, 0.2) is 18.2 Å². The number of hydrogen-bond donors (Lipinski definition) is 1. The maximum absolute atomic E-state index is 11.7. The molecular formula is C15H25NO3S. The maximum atomic E-state index is 11.7. The van der Waals surface area contributed by atoms with E-state index in [9.17, 15) is 8.42 Å². The molecule has 20 heavy (non-hydrogen) atoms. The fraction of sp³-hybridized carbons (Fsp3) is 0.600. The molecule has 0 radical (unpaired) electrons. The fourth-order valence-corrected chi connectivity index (χ4v) is 2.18. The van der Waals surface area contributed by atoms with E-state index in [1.807, 2.05) is 26.0 Å². The highest BCUT2D eigenvalue weighted by atomic mass is 32.2. The van der Waals surface area contributed by atoms with Crippen LogP contribution in [0.5, 0.6) is 5.75 Å². The van der Waals surface area contributed by atoms with E-state index in [0.29, 0.717) is 6.54 Å². The summed E-state index contributed by atoms with van der Waals surface area (Å²) in [4.78, 5) is 0. The number of methoxy groups -OCH3 is 1. The average Bonchev–Trinajstić information content (AvgIpc) is 2.34. The standard InChI is InChI=1S/C15H25NO3S/c1-11-7-8-14(19-5)13(9-11)12(2)16-10-15(3,4)20(6,17)18/h7-9,12,16H,10H2,1-6H3. The molecule has 0 saturated heterocycles. The van der Waals surface area contributed by atoms with Gasteiger partial charge in [0, 0.05) is 24.4 Å². The van der Waals surface area contributed by atoms with Crippen LogP contribution in [0.3, 0.4) is 0 Å². The lowest BCUT2D eigenvalue weighted by Crippen LogP contribution is -2.42. The van der Waals surface area contributed by atoms with Gasteiger partial charge < -0.3 is 10.1 Å². The summed E-state index contributed by atoms with van der Waals surface area (Å²) in [6.45, 7) is 7.89. The summed E-state index contributed by atoms with van der Waals surface area (Å²) in [5.41, 5.74) is 2.19. The summed E-state index contributed by atoms with van der Waals surface area (Å²) in [5, 5.41) is 3.29. The van der Waals surface area contributed by atoms with Crippen molar-refractivity contribution in [3.05, 3.63) is 29.3 Å². The van der Waals surface area contributed by atoms with E-state index in [1.54, 1.807) is 21.0 Å². The Morgan fingerprint density at radius 1 is 1.35 bits per heavy atom. The van der Waals surface area contributed by atoms with Gasteiger partial charge in [0.25, 0.3) is 0 Å². The molecule has 0 bridgehead atoms. The molecule has 1 unspecified atom stereocenters. The third kappa shape index (κ3) is 3.96. The van der Waals surface area contributed by atoms with Crippen LogP contribution in [0.25, 0.3) is 0 Å². The van der Waals surface area contributed by atoms with Gasteiger partial charge in [-0.3, -0.25) is 0 Å². The molecular weight excluding hydrogens is 274 g/mol. The Hall–Kier alpha value is -1.07. The minimum Gasteiger partial charge on any atom is -0.496 e. The van der Waals surface area contributed by atoms with Crippen molar-refractivity contribution in [2.24, 2.45) is 0 Å². The molecule has 0 fully saturated rings. The Morgan fingerprint density at radius 2 is 1.95 bits per heavy atom. The summed E-state index contributed by atoms with van der Waals surface area (Å²) < 4.78 is 28.0. The summed E-state index contributed by atoms with van der Waals surface area (Å²) in [5.74, 6) is 0.813. The van der Waals surface area contributed by atoms with E-state index in [4.69, 9.17) is 4.74 Å². The number of rotatable bonds is 6. The second kappa shape index (κ2) is 6.14. The van der Waals surface area contributed by atoms with Crippen molar-refractivity contribution in [2.45, 2.75) is 38.5 Å². The third-order valence-corrected chi connectivity index (χ3v) is 5.84. The highest BCUT2D eigenvalue weighted by molar-refractivity contribution is 7.92. The predicted octanol–water partition coefficient (Wildman–Crippen LogP) is 2.48. The van der Waals surface area contributed by atoms with Crippen molar-refractivity contribution in [1.29, 1.82) is 0 Å². The molecule has 1 aromatic carbocycles. The summed E-state index contributed by atoms with van der Waals surface area (Å²) >= 11 is 0. The number of ether oxygens (including phenoxy) is 1. The van der Waals surface area contributed by atoms with Gasteiger partial charge in [-0.05, 0) is 33.8 Å². The molecule has 1 aromatic rings. The Balaban J connectivity index is 2.88. The summed E-state index contributed by atoms with van der Waals surface area (Å²) in [6, 6.07) is 6.01. The molecule has 114 valence electrons. The summed E-state index contributed by atoms with van der Waals surface area (Å²) in [6.07, 6.45) is 1.27. The van der Waals surface area contributed by atoms with Gasteiger partial charge in [0.2, 0.25) is 0 Å². The molecule has 0 heterocycles. The normalized spacial score (nSPS) is 14.1. The quantitative estimate of drug-likeness (QED) is 0.877. The van der Waals surface area contributed by atoms with Crippen molar-refractivity contribution in [3.8, 4) is 5.75 Å². The smallest absolute Gasteiger partial charge is 0.153 e. The third-order valence-electron chi connectivity index (χ3n) is 3.69. The molecule has 1 atom stereocenters. The van der Waals surface area contributed by atoms with E-state index >= 15 is 0 Å². The Bertz CT molecular complexity index is 564. The minimum atomic E-state index is -3.10. The largest absolute Gasteiger partial charge is 0.496 e. The number of benzene rings is 1. The number of hydrogen-bond acceptors (Lipinski definition) is 4. The maximum Gasteiger partial charge on any atom is 0.153 e. The summed E-state index contributed by atoms with van der Waals surface area (Å²) in [7, 11) is -1.46. The van der Waals surface area contributed by atoms with Crippen molar-refractivity contribution in [3.63, 3.8) is 0 Å².